The van der Waals surface area contributed by atoms with Crippen LogP contribution in [0.3, 0.4) is 0 Å². The summed E-state index contributed by atoms with van der Waals surface area (Å²) in [5.74, 6) is 0. The molecule has 0 bridgehead atoms. The molecule has 0 spiro atoms. The van der Waals surface area contributed by atoms with Crippen LogP contribution in [-0.2, 0) is 6.54 Å². The summed E-state index contributed by atoms with van der Waals surface area (Å²) in [6, 6.07) is 0. The third-order valence-corrected chi connectivity index (χ3v) is 2.91. The van der Waals surface area contributed by atoms with E-state index < -0.39 is 0 Å². The fraction of sp³-hybridized carbons (Fsp3) is 0.700. The Morgan fingerprint density at radius 2 is 2.13 bits per heavy atom. The summed E-state index contributed by atoms with van der Waals surface area (Å²) < 4.78 is 0. The lowest BCUT2D eigenvalue weighted by molar-refractivity contribution is 0.101. The van der Waals surface area contributed by atoms with Crippen LogP contribution in [0.4, 0.5) is 0 Å². The minimum absolute atomic E-state index is 0.818. The first-order chi connectivity index (χ1) is 7.25. The summed E-state index contributed by atoms with van der Waals surface area (Å²) in [6.45, 7) is 7.30. The predicted molar refractivity (Wildman–Crippen MR) is 59.2 cm³/mol. The normalized spacial score (nSPS) is 19.6. The number of H-pyrrole nitrogens is 1. The Morgan fingerprint density at radius 1 is 1.40 bits per heavy atom. The quantitative estimate of drug-likeness (QED) is 0.734. The van der Waals surface area contributed by atoms with E-state index in [1.54, 1.807) is 6.33 Å². The minimum Gasteiger partial charge on any atom is -0.348 e. The summed E-state index contributed by atoms with van der Waals surface area (Å²) in [4.78, 5) is 9.69. The van der Waals surface area contributed by atoms with Crippen LogP contribution in [0.2, 0.25) is 0 Å². The molecule has 1 aliphatic rings. The number of nitrogens with one attached hydrogen (secondary N) is 2. The molecule has 5 nitrogen and oxygen atoms in total. The molecule has 1 fully saturated rings. The van der Waals surface area contributed by atoms with Gasteiger partial charge >= 0.3 is 0 Å². The van der Waals surface area contributed by atoms with Crippen molar-refractivity contribution in [3.8, 4) is 0 Å². The standard InChI is InChI=1S/C10H19N5/c1-9-10(12-8-11-9)7-13-15-5-3-14(2)4-6-15/h8,13H,3-7H2,1-2H3,(H,11,12). The van der Waals surface area contributed by atoms with E-state index in [1.165, 1.54) is 0 Å². The lowest BCUT2D eigenvalue weighted by Gasteiger charge is -2.32. The average Bonchev–Trinajstić information content (AvgIpc) is 2.63. The van der Waals surface area contributed by atoms with Gasteiger partial charge in [-0.1, -0.05) is 0 Å². The number of imidazole rings is 1. The highest BCUT2D eigenvalue weighted by atomic mass is 15.5. The summed E-state index contributed by atoms with van der Waals surface area (Å²) in [5, 5.41) is 2.27. The van der Waals surface area contributed by atoms with E-state index in [0.29, 0.717) is 0 Å². The van der Waals surface area contributed by atoms with E-state index in [4.69, 9.17) is 0 Å². The molecule has 0 aromatic carbocycles. The number of aromatic nitrogens is 2. The van der Waals surface area contributed by atoms with Crippen molar-refractivity contribution in [3.63, 3.8) is 0 Å². The lowest BCUT2D eigenvalue weighted by Crippen LogP contribution is -2.50. The molecule has 1 aromatic rings. The van der Waals surface area contributed by atoms with Gasteiger partial charge in [0.2, 0.25) is 0 Å². The van der Waals surface area contributed by atoms with Gasteiger partial charge in [-0.2, -0.15) is 0 Å². The number of likely N-dealkylation sites (N-methyl/N-ethyl adjacent to an activating group) is 1. The largest absolute Gasteiger partial charge is 0.348 e. The van der Waals surface area contributed by atoms with Gasteiger partial charge in [0.1, 0.15) is 0 Å². The Balaban J connectivity index is 1.77. The highest BCUT2D eigenvalue weighted by molar-refractivity contribution is 5.07. The van der Waals surface area contributed by atoms with E-state index in [1.807, 2.05) is 6.92 Å². The summed E-state index contributed by atoms with van der Waals surface area (Å²) in [5.41, 5.74) is 5.66. The van der Waals surface area contributed by atoms with Crippen molar-refractivity contribution in [2.45, 2.75) is 13.5 Å². The Hall–Kier alpha value is -0.910. The van der Waals surface area contributed by atoms with Gasteiger partial charge in [-0.25, -0.2) is 15.4 Å². The van der Waals surface area contributed by atoms with Gasteiger partial charge in [-0.15, -0.1) is 0 Å². The lowest BCUT2D eigenvalue weighted by atomic mass is 10.3. The zero-order valence-electron chi connectivity index (χ0n) is 9.45. The van der Waals surface area contributed by atoms with Gasteiger partial charge in [0.25, 0.3) is 0 Å². The van der Waals surface area contributed by atoms with Crippen LogP contribution < -0.4 is 5.43 Å². The van der Waals surface area contributed by atoms with Crippen molar-refractivity contribution in [1.29, 1.82) is 0 Å². The molecule has 0 amide bonds. The molecule has 2 heterocycles. The van der Waals surface area contributed by atoms with E-state index in [-0.39, 0.29) is 0 Å². The number of piperazine rings is 1. The van der Waals surface area contributed by atoms with Crippen molar-refractivity contribution in [2.24, 2.45) is 0 Å². The van der Waals surface area contributed by atoms with E-state index in [9.17, 15) is 0 Å². The van der Waals surface area contributed by atoms with Crippen LogP contribution >= 0.6 is 0 Å². The molecule has 1 aromatic heterocycles. The molecule has 0 aliphatic carbocycles. The van der Waals surface area contributed by atoms with Gasteiger partial charge in [0.05, 0.1) is 18.6 Å². The molecule has 15 heavy (non-hydrogen) atoms. The van der Waals surface area contributed by atoms with Crippen LogP contribution in [0.15, 0.2) is 6.33 Å². The topological polar surface area (TPSA) is 47.2 Å². The number of hydrogen-bond donors (Lipinski definition) is 2. The molecule has 1 saturated heterocycles. The maximum atomic E-state index is 4.26. The molecular formula is C10H19N5. The third-order valence-electron chi connectivity index (χ3n) is 2.91. The molecule has 2 rings (SSSR count). The molecule has 1 aliphatic heterocycles. The number of hydrazine groups is 1. The van der Waals surface area contributed by atoms with E-state index >= 15 is 0 Å². The maximum Gasteiger partial charge on any atom is 0.0925 e. The van der Waals surface area contributed by atoms with Crippen LogP contribution in [0.25, 0.3) is 0 Å². The minimum atomic E-state index is 0.818. The first-order valence-corrected chi connectivity index (χ1v) is 5.41. The fourth-order valence-corrected chi connectivity index (χ4v) is 1.72. The predicted octanol–water partition coefficient (Wildman–Crippen LogP) is -0.0299. The molecule has 0 unspecified atom stereocenters. The number of rotatable bonds is 3. The van der Waals surface area contributed by atoms with Crippen LogP contribution in [0.5, 0.6) is 0 Å². The molecule has 84 valence electrons. The fourth-order valence-electron chi connectivity index (χ4n) is 1.72. The smallest absolute Gasteiger partial charge is 0.0925 e. The summed E-state index contributed by atoms with van der Waals surface area (Å²) in [6.07, 6.45) is 1.75. The molecule has 2 N–H and O–H groups in total. The molecule has 0 saturated carbocycles. The van der Waals surface area contributed by atoms with E-state index in [2.05, 4.69) is 32.4 Å². The average molecular weight is 209 g/mol. The van der Waals surface area contributed by atoms with Crippen molar-refractivity contribution in [2.75, 3.05) is 33.2 Å². The number of aromatic amines is 1. The van der Waals surface area contributed by atoms with E-state index in [0.717, 1.165) is 44.1 Å². The van der Waals surface area contributed by atoms with Gasteiger partial charge in [-0.3, -0.25) is 0 Å². The number of hydrogen-bond acceptors (Lipinski definition) is 4. The van der Waals surface area contributed by atoms with Gasteiger partial charge in [0.15, 0.2) is 0 Å². The zero-order chi connectivity index (χ0) is 10.7. The third kappa shape index (κ3) is 2.77. The highest BCUT2D eigenvalue weighted by Crippen LogP contribution is 2.01. The van der Waals surface area contributed by atoms with Crippen molar-refractivity contribution in [3.05, 3.63) is 17.7 Å². The number of nitrogens with zero attached hydrogens (tertiary/aromatic N) is 3. The summed E-state index contributed by atoms with van der Waals surface area (Å²) >= 11 is 0. The van der Waals surface area contributed by atoms with Crippen LogP contribution in [0.1, 0.15) is 11.4 Å². The first-order valence-electron chi connectivity index (χ1n) is 5.41. The Morgan fingerprint density at radius 3 is 2.73 bits per heavy atom. The highest BCUT2D eigenvalue weighted by Gasteiger charge is 2.13. The van der Waals surface area contributed by atoms with Crippen LogP contribution in [0, 0.1) is 6.92 Å². The maximum absolute atomic E-state index is 4.26. The number of aryl methyl sites for hydroxylation is 1. The first kappa shape index (κ1) is 10.6. The molecule has 0 atom stereocenters. The molecular weight excluding hydrogens is 190 g/mol. The molecule has 0 radical (unpaired) electrons. The second kappa shape index (κ2) is 4.74. The SMILES string of the molecule is Cc1[nH]cnc1CNN1CCN(C)CC1. The van der Waals surface area contributed by atoms with Crippen LogP contribution in [-0.4, -0.2) is 53.1 Å². The monoisotopic (exact) mass is 209 g/mol. The van der Waals surface area contributed by atoms with Gasteiger partial charge in [0, 0.05) is 31.9 Å². The van der Waals surface area contributed by atoms with Crippen molar-refractivity contribution < 1.29 is 0 Å². The Bertz CT molecular complexity index is 301. The zero-order valence-corrected chi connectivity index (χ0v) is 9.45. The Kier molecular flexibility index (Phi) is 3.35. The second-order valence-electron chi connectivity index (χ2n) is 4.10. The van der Waals surface area contributed by atoms with Crippen molar-refractivity contribution >= 4 is 0 Å². The Labute approximate surface area is 90.4 Å². The van der Waals surface area contributed by atoms with Crippen molar-refractivity contribution in [1.82, 2.24) is 25.3 Å². The molecule has 5 heteroatoms. The summed E-state index contributed by atoms with van der Waals surface area (Å²) in [7, 11) is 2.16. The second-order valence-corrected chi connectivity index (χ2v) is 4.10. The van der Waals surface area contributed by atoms with Gasteiger partial charge in [-0.05, 0) is 14.0 Å². The van der Waals surface area contributed by atoms with Gasteiger partial charge < -0.3 is 9.88 Å².